The van der Waals surface area contributed by atoms with Crippen molar-refractivity contribution in [2.45, 2.75) is 18.8 Å². The third kappa shape index (κ3) is 3.25. The largest absolute Gasteiger partial charge is 0.573 e. The first kappa shape index (κ1) is 15.3. The van der Waals surface area contributed by atoms with Crippen LogP contribution in [-0.4, -0.2) is 6.36 Å². The Hall–Kier alpha value is -1.59. The molecule has 0 aliphatic carbocycles. The molecule has 2 aromatic rings. The molecule has 22 heavy (non-hydrogen) atoms. The zero-order valence-electron chi connectivity index (χ0n) is 11.0. The number of fused-ring (bicyclic) bond motifs is 1. The van der Waals surface area contributed by atoms with Gasteiger partial charge in [-0.05, 0) is 41.8 Å². The van der Waals surface area contributed by atoms with Crippen LogP contribution in [0.5, 0.6) is 5.75 Å². The Morgan fingerprint density at radius 3 is 2.32 bits per heavy atom. The van der Waals surface area contributed by atoms with E-state index in [9.17, 15) is 13.2 Å². The predicted molar refractivity (Wildman–Crippen MR) is 79.7 cm³/mol. The second kappa shape index (κ2) is 5.56. The van der Waals surface area contributed by atoms with Crippen molar-refractivity contribution in [3.8, 4) is 5.75 Å². The Bertz CT molecular complexity index is 670. The zero-order valence-corrected chi connectivity index (χ0v) is 12.6. The summed E-state index contributed by atoms with van der Waals surface area (Å²) >= 11 is 12.0. The molecule has 0 bridgehead atoms. The van der Waals surface area contributed by atoms with Gasteiger partial charge in [0.05, 0.1) is 16.1 Å². The van der Waals surface area contributed by atoms with Crippen molar-refractivity contribution in [2.75, 3.05) is 5.32 Å². The Balaban J connectivity index is 1.77. The highest BCUT2D eigenvalue weighted by molar-refractivity contribution is 6.42. The van der Waals surface area contributed by atoms with Crippen LogP contribution >= 0.6 is 23.2 Å². The van der Waals surface area contributed by atoms with E-state index < -0.39 is 6.36 Å². The van der Waals surface area contributed by atoms with Crippen LogP contribution in [0.1, 0.15) is 17.2 Å². The van der Waals surface area contributed by atoms with Gasteiger partial charge in [-0.1, -0.05) is 35.3 Å². The van der Waals surface area contributed by atoms with E-state index in [1.165, 1.54) is 12.1 Å². The molecule has 0 saturated heterocycles. The standard InChI is InChI=1S/C15H10Cl2F3NO/c16-11-5-9-6-13(21-14(9)7-12(11)17)8-1-3-10(4-2-8)22-15(18,19)20/h1-5,7,13,21H,6H2. The van der Waals surface area contributed by atoms with Gasteiger partial charge in [-0.15, -0.1) is 13.2 Å². The predicted octanol–water partition coefficient (Wildman–Crippen LogP) is 5.60. The molecule has 0 spiro atoms. The lowest BCUT2D eigenvalue weighted by Gasteiger charge is -2.13. The van der Waals surface area contributed by atoms with Crippen LogP contribution < -0.4 is 10.1 Å². The lowest BCUT2D eigenvalue weighted by atomic mass is 10.0. The third-order valence-corrected chi connectivity index (χ3v) is 4.14. The lowest BCUT2D eigenvalue weighted by molar-refractivity contribution is -0.274. The van der Waals surface area contributed by atoms with Crippen LogP contribution in [0.15, 0.2) is 36.4 Å². The minimum atomic E-state index is -4.68. The first-order valence-corrected chi connectivity index (χ1v) is 7.17. The molecule has 0 amide bonds. The molecule has 1 unspecified atom stereocenters. The molecular formula is C15H10Cl2F3NO. The summed E-state index contributed by atoms with van der Waals surface area (Å²) in [7, 11) is 0. The van der Waals surface area contributed by atoms with Crippen molar-refractivity contribution < 1.29 is 17.9 Å². The molecule has 3 rings (SSSR count). The second-order valence-electron chi connectivity index (χ2n) is 4.94. The Morgan fingerprint density at radius 1 is 1.05 bits per heavy atom. The SMILES string of the molecule is FC(F)(F)Oc1ccc(C2Cc3cc(Cl)c(Cl)cc3N2)cc1. The molecule has 0 fully saturated rings. The van der Waals surface area contributed by atoms with E-state index in [4.69, 9.17) is 23.2 Å². The number of ether oxygens (including phenoxy) is 1. The first-order chi connectivity index (χ1) is 10.3. The minimum absolute atomic E-state index is 0.0375. The summed E-state index contributed by atoms with van der Waals surface area (Å²) in [5.41, 5.74) is 2.77. The molecule has 2 nitrogen and oxygen atoms in total. The smallest absolute Gasteiger partial charge is 0.406 e. The highest BCUT2D eigenvalue weighted by atomic mass is 35.5. The topological polar surface area (TPSA) is 21.3 Å². The molecule has 0 saturated carbocycles. The molecule has 0 aromatic heterocycles. The monoisotopic (exact) mass is 347 g/mol. The van der Waals surface area contributed by atoms with Crippen LogP contribution in [0.4, 0.5) is 18.9 Å². The van der Waals surface area contributed by atoms with Crippen molar-refractivity contribution in [1.82, 2.24) is 0 Å². The fraction of sp³-hybridized carbons (Fsp3) is 0.200. The zero-order chi connectivity index (χ0) is 15.9. The quantitative estimate of drug-likeness (QED) is 0.763. The van der Waals surface area contributed by atoms with E-state index in [0.29, 0.717) is 16.5 Å². The van der Waals surface area contributed by atoms with Crippen LogP contribution in [-0.2, 0) is 6.42 Å². The first-order valence-electron chi connectivity index (χ1n) is 6.42. The van der Waals surface area contributed by atoms with E-state index in [-0.39, 0.29) is 11.8 Å². The number of rotatable bonds is 2. The maximum absolute atomic E-state index is 12.1. The normalized spacial score (nSPS) is 17.0. The van der Waals surface area contributed by atoms with Gasteiger partial charge in [-0.25, -0.2) is 0 Å². The summed E-state index contributed by atoms with van der Waals surface area (Å²) in [6.45, 7) is 0. The Kier molecular flexibility index (Phi) is 3.87. The van der Waals surface area contributed by atoms with Crippen molar-refractivity contribution >= 4 is 28.9 Å². The van der Waals surface area contributed by atoms with Gasteiger partial charge in [0.1, 0.15) is 5.75 Å². The van der Waals surface area contributed by atoms with Crippen molar-refractivity contribution in [3.63, 3.8) is 0 Å². The van der Waals surface area contributed by atoms with Crippen molar-refractivity contribution in [2.24, 2.45) is 0 Å². The molecule has 2 aromatic carbocycles. The number of halogens is 5. The Labute approximate surface area is 134 Å². The van der Waals surface area contributed by atoms with Gasteiger partial charge in [0.15, 0.2) is 0 Å². The maximum Gasteiger partial charge on any atom is 0.573 e. The molecule has 1 aliphatic rings. The highest BCUT2D eigenvalue weighted by Crippen LogP contribution is 2.39. The third-order valence-electron chi connectivity index (χ3n) is 3.42. The fourth-order valence-electron chi connectivity index (χ4n) is 2.45. The van der Waals surface area contributed by atoms with Gasteiger partial charge in [0.2, 0.25) is 0 Å². The number of hydrogen-bond acceptors (Lipinski definition) is 2. The summed E-state index contributed by atoms with van der Waals surface area (Å²) in [5.74, 6) is -0.238. The van der Waals surface area contributed by atoms with Crippen molar-refractivity contribution in [1.29, 1.82) is 0 Å². The van der Waals surface area contributed by atoms with Gasteiger partial charge in [0, 0.05) is 5.69 Å². The number of nitrogens with one attached hydrogen (secondary N) is 1. The van der Waals surface area contributed by atoms with E-state index in [2.05, 4.69) is 10.1 Å². The number of benzene rings is 2. The molecule has 0 radical (unpaired) electrons. The molecule has 1 atom stereocenters. The maximum atomic E-state index is 12.1. The van der Waals surface area contributed by atoms with Crippen molar-refractivity contribution in [3.05, 3.63) is 57.6 Å². The fourth-order valence-corrected chi connectivity index (χ4v) is 2.80. The van der Waals surface area contributed by atoms with Crippen LogP contribution in [0.25, 0.3) is 0 Å². The summed E-state index contributed by atoms with van der Waals surface area (Å²) in [6.07, 6.45) is -4.00. The summed E-state index contributed by atoms with van der Waals surface area (Å²) in [4.78, 5) is 0. The molecular weight excluding hydrogens is 338 g/mol. The number of anilines is 1. The van der Waals surface area contributed by atoms with E-state index >= 15 is 0 Å². The molecule has 1 aliphatic heterocycles. The molecule has 1 N–H and O–H groups in total. The lowest BCUT2D eigenvalue weighted by Crippen LogP contribution is -2.17. The van der Waals surface area contributed by atoms with Gasteiger partial charge in [-0.2, -0.15) is 0 Å². The number of hydrogen-bond donors (Lipinski definition) is 1. The molecule has 7 heteroatoms. The van der Waals surface area contributed by atoms with Crippen LogP contribution in [0.2, 0.25) is 10.0 Å². The van der Waals surface area contributed by atoms with Gasteiger partial charge < -0.3 is 10.1 Å². The average molecular weight is 348 g/mol. The van der Waals surface area contributed by atoms with Gasteiger partial charge >= 0.3 is 6.36 Å². The summed E-state index contributed by atoms with van der Waals surface area (Å²) in [5, 5.41) is 4.22. The van der Waals surface area contributed by atoms with Gasteiger partial charge in [-0.3, -0.25) is 0 Å². The van der Waals surface area contributed by atoms with E-state index in [1.807, 2.05) is 0 Å². The summed E-state index contributed by atoms with van der Waals surface area (Å²) in [6, 6.07) is 9.32. The Morgan fingerprint density at radius 2 is 1.68 bits per heavy atom. The molecule has 1 heterocycles. The highest BCUT2D eigenvalue weighted by Gasteiger charge is 2.31. The average Bonchev–Trinajstić information content (AvgIpc) is 2.81. The van der Waals surface area contributed by atoms with E-state index in [1.54, 1.807) is 24.3 Å². The van der Waals surface area contributed by atoms with Crippen LogP contribution in [0, 0.1) is 0 Å². The summed E-state index contributed by atoms with van der Waals surface area (Å²) < 4.78 is 40.3. The molecule has 116 valence electrons. The van der Waals surface area contributed by atoms with Crippen LogP contribution in [0.3, 0.4) is 0 Å². The number of alkyl halides is 3. The van der Waals surface area contributed by atoms with E-state index in [0.717, 1.165) is 16.8 Å². The second-order valence-corrected chi connectivity index (χ2v) is 5.76. The van der Waals surface area contributed by atoms with Gasteiger partial charge in [0.25, 0.3) is 0 Å². The minimum Gasteiger partial charge on any atom is -0.406 e.